The molecule has 1 amide bonds. The summed E-state index contributed by atoms with van der Waals surface area (Å²) in [6.07, 6.45) is -0.0932. The second kappa shape index (κ2) is 7.59. The van der Waals surface area contributed by atoms with Gasteiger partial charge in [0.25, 0.3) is 0 Å². The van der Waals surface area contributed by atoms with Crippen LogP contribution < -0.4 is 0 Å². The molecule has 2 rings (SSSR count). The van der Waals surface area contributed by atoms with Crippen molar-refractivity contribution >= 4 is 28.8 Å². The van der Waals surface area contributed by atoms with Crippen LogP contribution in [-0.4, -0.2) is 39.3 Å². The molecule has 1 aromatic carbocycles. The number of nitrogens with zero attached hydrogens (tertiary/aromatic N) is 1. The molecule has 1 aliphatic heterocycles. The molecular weight excluding hydrogens is 321 g/mol. The van der Waals surface area contributed by atoms with E-state index >= 15 is 0 Å². The van der Waals surface area contributed by atoms with Crippen molar-refractivity contribution in [2.24, 2.45) is 5.92 Å². The fraction of sp³-hybridized carbons (Fsp3) is 0.438. The lowest BCUT2D eigenvalue weighted by molar-refractivity contribution is -0.140. The lowest BCUT2D eigenvalue weighted by Gasteiger charge is -2.27. The van der Waals surface area contributed by atoms with Crippen LogP contribution in [0.4, 0.5) is 4.39 Å². The quantitative estimate of drug-likeness (QED) is 0.862. The van der Waals surface area contributed by atoms with E-state index in [0.717, 1.165) is 11.8 Å². The molecule has 1 N–H and O–H groups in total. The Labute approximate surface area is 137 Å². The Balaban J connectivity index is 2.19. The van der Waals surface area contributed by atoms with Gasteiger partial charge in [0.15, 0.2) is 5.12 Å². The molecule has 1 fully saturated rings. The summed E-state index contributed by atoms with van der Waals surface area (Å²) in [5.41, 5.74) is 0.211. The molecule has 0 aromatic heterocycles. The first-order valence-corrected chi connectivity index (χ1v) is 8.26. The molecule has 124 valence electrons. The third-order valence-electron chi connectivity index (χ3n) is 3.77. The molecule has 7 heteroatoms. The van der Waals surface area contributed by atoms with E-state index in [-0.39, 0.29) is 35.3 Å². The molecule has 0 spiro atoms. The number of carboxylic acids is 1. The van der Waals surface area contributed by atoms with Crippen LogP contribution in [0.2, 0.25) is 0 Å². The van der Waals surface area contributed by atoms with Gasteiger partial charge < -0.3 is 10.0 Å². The monoisotopic (exact) mass is 339 g/mol. The van der Waals surface area contributed by atoms with E-state index in [1.54, 1.807) is 6.07 Å². The van der Waals surface area contributed by atoms with Gasteiger partial charge in [-0.05, 0) is 12.0 Å². The van der Waals surface area contributed by atoms with E-state index < -0.39 is 17.8 Å². The molecule has 0 saturated carbocycles. The number of aliphatic carboxylic acids is 1. The zero-order valence-electron chi connectivity index (χ0n) is 12.7. The molecule has 1 aromatic rings. The van der Waals surface area contributed by atoms with Gasteiger partial charge in [0.2, 0.25) is 5.91 Å². The molecular formula is C16H18FNO4S. The number of carboxylic acid groups (broad SMARTS) is 1. The summed E-state index contributed by atoms with van der Waals surface area (Å²) in [4.78, 5) is 35.9. The van der Waals surface area contributed by atoms with Crippen LogP contribution >= 0.6 is 11.8 Å². The summed E-state index contributed by atoms with van der Waals surface area (Å²) < 4.78 is 14.0. The maximum Gasteiger partial charge on any atom is 0.305 e. The van der Waals surface area contributed by atoms with Gasteiger partial charge in [-0.15, -0.1) is 0 Å². The second-order valence-corrected chi connectivity index (χ2v) is 6.75. The number of hydrogen-bond acceptors (Lipinski definition) is 4. The van der Waals surface area contributed by atoms with Crippen LogP contribution in [0.5, 0.6) is 0 Å². The maximum absolute atomic E-state index is 14.0. The smallest absolute Gasteiger partial charge is 0.305 e. The molecule has 2 atom stereocenters. The lowest BCUT2D eigenvalue weighted by atomic mass is 10.0. The highest BCUT2D eigenvalue weighted by atomic mass is 32.2. The van der Waals surface area contributed by atoms with E-state index in [4.69, 9.17) is 5.11 Å². The molecule has 0 aliphatic carbocycles. The third-order valence-corrected chi connectivity index (χ3v) is 4.81. The van der Waals surface area contributed by atoms with E-state index in [9.17, 15) is 18.8 Å². The SMILES string of the molecule is CC(=O)SCC1CC(=O)N(C(CC(=O)O)c2ccccc2F)C1. The highest BCUT2D eigenvalue weighted by Gasteiger charge is 2.37. The number of likely N-dealkylation sites (tertiary alicyclic amines) is 1. The van der Waals surface area contributed by atoms with Crippen LogP contribution in [0.3, 0.4) is 0 Å². The summed E-state index contributed by atoms with van der Waals surface area (Å²) in [6.45, 7) is 1.80. The predicted octanol–water partition coefficient (Wildman–Crippen LogP) is 2.47. The first-order chi connectivity index (χ1) is 10.9. The van der Waals surface area contributed by atoms with Gasteiger partial charge in [-0.25, -0.2) is 4.39 Å². The minimum absolute atomic E-state index is 0.0212. The Morgan fingerprint density at radius 3 is 2.74 bits per heavy atom. The second-order valence-electron chi connectivity index (χ2n) is 5.55. The minimum Gasteiger partial charge on any atom is -0.481 e. The Hall–Kier alpha value is -1.89. The molecule has 1 aliphatic rings. The van der Waals surface area contributed by atoms with Crippen molar-refractivity contribution in [2.45, 2.75) is 25.8 Å². The predicted molar refractivity (Wildman–Crippen MR) is 84.4 cm³/mol. The zero-order chi connectivity index (χ0) is 17.0. The maximum atomic E-state index is 14.0. The summed E-state index contributed by atoms with van der Waals surface area (Å²) in [5, 5.41) is 9.09. The van der Waals surface area contributed by atoms with E-state index in [2.05, 4.69) is 0 Å². The van der Waals surface area contributed by atoms with Crippen molar-refractivity contribution in [3.63, 3.8) is 0 Å². The number of carbonyl (C=O) groups excluding carboxylic acids is 2. The number of thioether (sulfide) groups is 1. The highest BCUT2D eigenvalue weighted by molar-refractivity contribution is 8.13. The number of rotatable bonds is 6. The Morgan fingerprint density at radius 1 is 1.43 bits per heavy atom. The normalized spacial score (nSPS) is 19.0. The average Bonchev–Trinajstić information content (AvgIpc) is 2.84. The molecule has 0 radical (unpaired) electrons. The van der Waals surface area contributed by atoms with Gasteiger partial charge in [-0.1, -0.05) is 30.0 Å². The van der Waals surface area contributed by atoms with Gasteiger partial charge in [0.05, 0.1) is 12.5 Å². The molecule has 5 nitrogen and oxygen atoms in total. The average molecular weight is 339 g/mol. The number of hydrogen-bond donors (Lipinski definition) is 1. The fourth-order valence-electron chi connectivity index (χ4n) is 2.76. The van der Waals surface area contributed by atoms with E-state index in [1.165, 1.54) is 30.0 Å². The van der Waals surface area contributed by atoms with Gasteiger partial charge in [0, 0.05) is 31.2 Å². The van der Waals surface area contributed by atoms with Crippen LogP contribution in [0.15, 0.2) is 24.3 Å². The van der Waals surface area contributed by atoms with Crippen molar-refractivity contribution in [3.8, 4) is 0 Å². The van der Waals surface area contributed by atoms with Crippen LogP contribution in [-0.2, 0) is 14.4 Å². The summed E-state index contributed by atoms with van der Waals surface area (Å²) >= 11 is 1.15. The molecule has 1 saturated heterocycles. The molecule has 0 bridgehead atoms. The van der Waals surface area contributed by atoms with Crippen LogP contribution in [0, 0.1) is 11.7 Å². The Morgan fingerprint density at radius 2 is 2.13 bits per heavy atom. The number of amides is 1. The fourth-order valence-corrected chi connectivity index (χ4v) is 3.45. The standard InChI is InChI=1S/C16H18FNO4S/c1-10(19)23-9-11-6-15(20)18(8-11)14(7-16(21)22)12-4-2-3-5-13(12)17/h2-5,11,14H,6-9H2,1H3,(H,21,22). The van der Waals surface area contributed by atoms with Crippen molar-refractivity contribution in [2.75, 3.05) is 12.3 Å². The topological polar surface area (TPSA) is 74.7 Å². The molecule has 2 unspecified atom stereocenters. The Bertz CT molecular complexity index is 622. The van der Waals surface area contributed by atoms with Crippen molar-refractivity contribution in [3.05, 3.63) is 35.6 Å². The minimum atomic E-state index is -1.09. The number of benzene rings is 1. The van der Waals surface area contributed by atoms with Gasteiger partial charge in [-0.3, -0.25) is 14.4 Å². The van der Waals surface area contributed by atoms with Gasteiger partial charge in [-0.2, -0.15) is 0 Å². The largest absolute Gasteiger partial charge is 0.481 e. The van der Waals surface area contributed by atoms with Crippen molar-refractivity contribution in [1.82, 2.24) is 4.90 Å². The Kier molecular flexibility index (Phi) is 5.76. The van der Waals surface area contributed by atoms with E-state index in [1.807, 2.05) is 0 Å². The molecule has 23 heavy (non-hydrogen) atoms. The first kappa shape index (κ1) is 17.5. The number of carbonyl (C=O) groups is 3. The van der Waals surface area contributed by atoms with E-state index in [0.29, 0.717) is 12.3 Å². The van der Waals surface area contributed by atoms with Gasteiger partial charge in [0.1, 0.15) is 5.82 Å². The highest BCUT2D eigenvalue weighted by Crippen LogP contribution is 2.33. The van der Waals surface area contributed by atoms with Gasteiger partial charge >= 0.3 is 5.97 Å². The summed E-state index contributed by atoms with van der Waals surface area (Å²) in [7, 11) is 0. The van der Waals surface area contributed by atoms with Crippen molar-refractivity contribution in [1.29, 1.82) is 0 Å². The number of halogens is 1. The van der Waals surface area contributed by atoms with Crippen LogP contribution in [0.1, 0.15) is 31.4 Å². The van der Waals surface area contributed by atoms with Crippen LogP contribution in [0.25, 0.3) is 0 Å². The zero-order valence-corrected chi connectivity index (χ0v) is 13.5. The van der Waals surface area contributed by atoms with Crippen molar-refractivity contribution < 1.29 is 23.9 Å². The third kappa shape index (κ3) is 4.54. The molecule has 1 heterocycles. The first-order valence-electron chi connectivity index (χ1n) is 7.27. The summed E-state index contributed by atoms with van der Waals surface area (Å²) in [5.74, 6) is -1.33. The summed E-state index contributed by atoms with van der Waals surface area (Å²) in [6, 6.07) is 5.08. The lowest BCUT2D eigenvalue weighted by Crippen LogP contribution is -2.32.